The predicted molar refractivity (Wildman–Crippen MR) is 104 cm³/mol. The second-order valence-corrected chi connectivity index (χ2v) is 7.27. The molecule has 0 radical (unpaired) electrons. The second-order valence-electron chi connectivity index (χ2n) is 6.10. The normalized spacial score (nSPS) is 10.7. The maximum absolute atomic E-state index is 12.0. The zero-order valence-electron chi connectivity index (χ0n) is 14.8. The van der Waals surface area contributed by atoms with Crippen LogP contribution in [-0.2, 0) is 17.9 Å². The number of aromatic nitrogens is 3. The van der Waals surface area contributed by atoms with Crippen LogP contribution in [0.1, 0.15) is 23.1 Å². The minimum atomic E-state index is 0.0799. The molecule has 26 heavy (non-hydrogen) atoms. The first kappa shape index (κ1) is 18.2. The van der Waals surface area contributed by atoms with Crippen LogP contribution in [0.15, 0.2) is 66.1 Å². The lowest BCUT2D eigenvalue weighted by Crippen LogP contribution is -2.23. The van der Waals surface area contributed by atoms with Crippen LogP contribution in [0, 0.1) is 6.92 Å². The van der Waals surface area contributed by atoms with Gasteiger partial charge in [0.1, 0.15) is 12.7 Å². The molecule has 2 aromatic carbocycles. The Morgan fingerprint density at radius 3 is 2.50 bits per heavy atom. The molecule has 0 spiro atoms. The fourth-order valence-electron chi connectivity index (χ4n) is 2.45. The highest BCUT2D eigenvalue weighted by atomic mass is 32.2. The average molecular weight is 366 g/mol. The summed E-state index contributed by atoms with van der Waals surface area (Å²) in [6.07, 6.45) is 3.74. The molecule has 0 saturated heterocycles. The quantitative estimate of drug-likeness (QED) is 0.621. The summed E-state index contributed by atoms with van der Waals surface area (Å²) in [7, 11) is 0. The molecule has 1 heterocycles. The molecule has 0 unspecified atom stereocenters. The molecule has 1 amide bonds. The van der Waals surface area contributed by atoms with Crippen molar-refractivity contribution in [2.24, 2.45) is 0 Å². The number of carbonyl (C=O) groups excluding carboxylic acids is 1. The minimum Gasteiger partial charge on any atom is -0.352 e. The molecule has 0 saturated carbocycles. The monoisotopic (exact) mass is 366 g/mol. The molecule has 1 N–H and O–H groups in total. The first-order valence-corrected chi connectivity index (χ1v) is 9.54. The lowest BCUT2D eigenvalue weighted by atomic mass is 10.1. The van der Waals surface area contributed by atoms with Crippen molar-refractivity contribution in [2.45, 2.75) is 31.3 Å². The van der Waals surface area contributed by atoms with Crippen molar-refractivity contribution < 1.29 is 4.79 Å². The van der Waals surface area contributed by atoms with Crippen LogP contribution in [0.3, 0.4) is 0 Å². The van der Waals surface area contributed by atoms with Crippen LogP contribution < -0.4 is 5.32 Å². The summed E-state index contributed by atoms with van der Waals surface area (Å²) < 4.78 is 1.78. The number of hydrogen-bond donors (Lipinski definition) is 1. The highest BCUT2D eigenvalue weighted by Gasteiger charge is 2.03. The van der Waals surface area contributed by atoms with Gasteiger partial charge in [0.15, 0.2) is 0 Å². The molecule has 6 heteroatoms. The Hall–Kier alpha value is -2.60. The largest absolute Gasteiger partial charge is 0.352 e. The van der Waals surface area contributed by atoms with Crippen LogP contribution in [-0.4, -0.2) is 26.4 Å². The first-order valence-electron chi connectivity index (χ1n) is 8.55. The Labute approximate surface area is 157 Å². The lowest BCUT2D eigenvalue weighted by Gasteiger charge is -2.07. The molecule has 3 aromatic rings. The van der Waals surface area contributed by atoms with Gasteiger partial charge in [0.05, 0.1) is 6.54 Å². The van der Waals surface area contributed by atoms with E-state index in [1.165, 1.54) is 16.8 Å². The van der Waals surface area contributed by atoms with Crippen molar-refractivity contribution in [2.75, 3.05) is 5.75 Å². The molecule has 1 aromatic heterocycles. The number of thioether (sulfide) groups is 1. The molecule has 134 valence electrons. The van der Waals surface area contributed by atoms with Crippen LogP contribution in [0.5, 0.6) is 0 Å². The van der Waals surface area contributed by atoms with Gasteiger partial charge in [-0.15, -0.1) is 11.8 Å². The van der Waals surface area contributed by atoms with Gasteiger partial charge in [-0.25, -0.2) is 9.67 Å². The summed E-state index contributed by atoms with van der Waals surface area (Å²) in [6.45, 7) is 3.32. The Balaban J connectivity index is 1.37. The molecule has 0 fully saturated rings. The number of benzene rings is 2. The van der Waals surface area contributed by atoms with E-state index in [4.69, 9.17) is 0 Å². The van der Waals surface area contributed by atoms with E-state index in [1.807, 2.05) is 12.1 Å². The minimum absolute atomic E-state index is 0.0799. The fraction of sp³-hybridized carbons (Fsp3) is 0.250. The summed E-state index contributed by atoms with van der Waals surface area (Å²) in [4.78, 5) is 17.1. The number of rotatable bonds is 8. The Kier molecular flexibility index (Phi) is 6.44. The van der Waals surface area contributed by atoms with Gasteiger partial charge in [0.2, 0.25) is 5.91 Å². The summed E-state index contributed by atoms with van der Waals surface area (Å²) in [5.41, 5.74) is 3.49. The van der Waals surface area contributed by atoms with Gasteiger partial charge in [-0.05, 0) is 30.2 Å². The Bertz CT molecular complexity index is 814. The maximum atomic E-state index is 12.0. The molecule has 0 aliphatic heterocycles. The van der Waals surface area contributed by atoms with Crippen molar-refractivity contribution >= 4 is 17.7 Å². The molecule has 0 atom stereocenters. The van der Waals surface area contributed by atoms with Crippen LogP contribution in [0.25, 0.3) is 0 Å². The molecule has 0 aliphatic carbocycles. The molecule has 0 aliphatic rings. The van der Waals surface area contributed by atoms with Gasteiger partial charge in [-0.3, -0.25) is 4.79 Å². The zero-order chi connectivity index (χ0) is 18.2. The third-order valence-electron chi connectivity index (χ3n) is 3.94. The van der Waals surface area contributed by atoms with E-state index < -0.39 is 0 Å². The molecular weight excluding hydrogens is 344 g/mol. The van der Waals surface area contributed by atoms with E-state index >= 15 is 0 Å². The topological polar surface area (TPSA) is 59.8 Å². The van der Waals surface area contributed by atoms with E-state index in [0.29, 0.717) is 19.5 Å². The SMILES string of the molecule is Cc1ccc(SCCC(=O)NCc2ccc(Cn3cncn3)cc2)cc1. The van der Waals surface area contributed by atoms with Gasteiger partial charge >= 0.3 is 0 Å². The Morgan fingerprint density at radius 2 is 1.81 bits per heavy atom. The molecular formula is C20H22N4OS. The van der Waals surface area contributed by atoms with Crippen LogP contribution in [0.4, 0.5) is 0 Å². The summed E-state index contributed by atoms with van der Waals surface area (Å²) >= 11 is 1.71. The van der Waals surface area contributed by atoms with Crippen molar-refractivity contribution in [3.8, 4) is 0 Å². The summed E-state index contributed by atoms with van der Waals surface area (Å²) in [5.74, 6) is 0.863. The summed E-state index contributed by atoms with van der Waals surface area (Å²) in [5, 5.41) is 7.07. The van der Waals surface area contributed by atoms with Gasteiger partial charge in [-0.1, -0.05) is 42.0 Å². The van der Waals surface area contributed by atoms with E-state index in [9.17, 15) is 4.79 Å². The number of hydrogen-bond acceptors (Lipinski definition) is 4. The van der Waals surface area contributed by atoms with E-state index in [-0.39, 0.29) is 5.91 Å². The molecule has 0 bridgehead atoms. The highest BCUT2D eigenvalue weighted by molar-refractivity contribution is 7.99. The van der Waals surface area contributed by atoms with Crippen molar-refractivity contribution in [1.82, 2.24) is 20.1 Å². The fourth-order valence-corrected chi connectivity index (χ4v) is 3.30. The highest BCUT2D eigenvalue weighted by Crippen LogP contribution is 2.18. The zero-order valence-corrected chi connectivity index (χ0v) is 15.6. The van der Waals surface area contributed by atoms with Gasteiger partial charge in [0.25, 0.3) is 0 Å². The first-order chi connectivity index (χ1) is 12.7. The van der Waals surface area contributed by atoms with Crippen LogP contribution in [0.2, 0.25) is 0 Å². The molecule has 3 rings (SSSR count). The molecule has 5 nitrogen and oxygen atoms in total. The van der Waals surface area contributed by atoms with E-state index in [1.54, 1.807) is 22.8 Å². The van der Waals surface area contributed by atoms with Gasteiger partial charge in [-0.2, -0.15) is 5.10 Å². The second kappa shape index (κ2) is 9.20. The van der Waals surface area contributed by atoms with Crippen molar-refractivity contribution in [3.05, 3.63) is 77.9 Å². The van der Waals surface area contributed by atoms with Crippen molar-refractivity contribution in [3.63, 3.8) is 0 Å². The summed E-state index contributed by atoms with van der Waals surface area (Å²) in [6, 6.07) is 16.6. The number of nitrogens with zero attached hydrogens (tertiary/aromatic N) is 3. The van der Waals surface area contributed by atoms with Crippen molar-refractivity contribution in [1.29, 1.82) is 0 Å². The van der Waals surface area contributed by atoms with Crippen LogP contribution >= 0.6 is 11.8 Å². The Morgan fingerprint density at radius 1 is 1.08 bits per heavy atom. The van der Waals surface area contributed by atoms with Gasteiger partial charge in [0, 0.05) is 23.6 Å². The standard InChI is InChI=1S/C20H22N4OS/c1-16-2-8-19(9-3-16)26-11-10-20(25)22-12-17-4-6-18(7-5-17)13-24-15-21-14-23-24/h2-9,14-15H,10-13H2,1H3,(H,22,25). The number of nitrogens with one attached hydrogen (secondary N) is 1. The predicted octanol–water partition coefficient (Wildman–Crippen LogP) is 3.43. The smallest absolute Gasteiger partial charge is 0.221 e. The maximum Gasteiger partial charge on any atom is 0.221 e. The average Bonchev–Trinajstić information content (AvgIpc) is 3.16. The van der Waals surface area contributed by atoms with E-state index in [0.717, 1.165) is 16.9 Å². The number of carbonyl (C=O) groups is 1. The number of aryl methyl sites for hydroxylation is 1. The third-order valence-corrected chi connectivity index (χ3v) is 4.96. The van der Waals surface area contributed by atoms with E-state index in [2.05, 4.69) is 58.7 Å². The van der Waals surface area contributed by atoms with Gasteiger partial charge < -0.3 is 5.32 Å². The third kappa shape index (κ3) is 5.74. The number of amides is 1. The lowest BCUT2D eigenvalue weighted by molar-refractivity contribution is -0.120.